The highest BCUT2D eigenvalue weighted by Crippen LogP contribution is 2.17. The smallest absolute Gasteiger partial charge is 0.230 e. The molecule has 0 aromatic heterocycles. The normalized spacial score (nSPS) is 30.9. The van der Waals surface area contributed by atoms with Gasteiger partial charge in [0.25, 0.3) is 0 Å². The maximum Gasteiger partial charge on any atom is 0.230 e. The summed E-state index contributed by atoms with van der Waals surface area (Å²) in [5, 5.41) is 0. The van der Waals surface area contributed by atoms with E-state index in [1.54, 1.807) is 4.90 Å². The molecule has 80 valence electrons. The molecule has 0 saturated heterocycles. The molecule has 1 heterocycles. The van der Waals surface area contributed by atoms with Crippen molar-refractivity contribution < 1.29 is 4.79 Å². The van der Waals surface area contributed by atoms with Crippen LogP contribution >= 0.6 is 0 Å². The minimum atomic E-state index is 0.156. The van der Waals surface area contributed by atoms with Crippen molar-refractivity contribution in [3.05, 3.63) is 34.5 Å². The van der Waals surface area contributed by atoms with Gasteiger partial charge in [-0.05, 0) is 26.3 Å². The van der Waals surface area contributed by atoms with Gasteiger partial charge in [0, 0.05) is 19.2 Å². The number of hydrogen-bond donors (Lipinski definition) is 0. The lowest BCUT2D eigenvalue weighted by Gasteiger charge is -2.19. The Hall–Kier alpha value is -1.25. The van der Waals surface area contributed by atoms with Gasteiger partial charge in [0.05, 0.1) is 0 Å². The van der Waals surface area contributed by atoms with Gasteiger partial charge in [-0.25, -0.2) is 0 Å². The van der Waals surface area contributed by atoms with Gasteiger partial charge in [-0.3, -0.25) is 4.79 Å². The second-order valence-electron chi connectivity index (χ2n) is 4.28. The molecule has 0 radical (unpaired) electrons. The van der Waals surface area contributed by atoms with E-state index in [0.29, 0.717) is 6.42 Å². The van der Waals surface area contributed by atoms with Crippen LogP contribution in [0.25, 0.3) is 0 Å². The first-order chi connectivity index (χ1) is 6.91. The van der Waals surface area contributed by atoms with E-state index < -0.39 is 0 Å². The maximum atomic E-state index is 11.8. The maximum absolute atomic E-state index is 11.8. The number of hydrogen-bond acceptors (Lipinski definition) is 1. The third-order valence-corrected chi connectivity index (χ3v) is 2.80. The molecule has 0 bridgehead atoms. The lowest BCUT2D eigenvalue weighted by molar-refractivity contribution is -0.127. The van der Waals surface area contributed by atoms with Crippen LogP contribution in [-0.2, 0) is 4.79 Å². The van der Waals surface area contributed by atoms with Crippen LogP contribution in [0, 0.1) is 0 Å². The summed E-state index contributed by atoms with van der Waals surface area (Å²) < 4.78 is 0. The fourth-order valence-corrected chi connectivity index (χ4v) is 1.74. The van der Waals surface area contributed by atoms with E-state index in [1.165, 1.54) is 5.47 Å². The topological polar surface area (TPSA) is 20.3 Å². The van der Waals surface area contributed by atoms with Gasteiger partial charge in [-0.15, -0.1) is 0 Å². The number of allylic oxidation sites excluding steroid dienone is 5. The molecule has 1 amide bonds. The van der Waals surface area contributed by atoms with Gasteiger partial charge in [0.15, 0.2) is 0 Å². The highest BCUT2D eigenvalue weighted by atomic mass is 16.2. The standard InChI is InChI=1S/C12H18BNO/c1-8-5-11(13)7-9(2)10(3)14(4)12(15)6-8/h5,7H,6,13H2,1-4H3/b8-5+,10-9+,11-7+. The first-order valence-electron chi connectivity index (χ1n) is 5.21. The van der Waals surface area contributed by atoms with Crippen LogP contribution in [-0.4, -0.2) is 25.7 Å². The molecule has 1 aliphatic heterocycles. The Morgan fingerprint density at radius 1 is 1.27 bits per heavy atom. The first kappa shape index (κ1) is 11.8. The van der Waals surface area contributed by atoms with E-state index in [4.69, 9.17) is 0 Å². The zero-order valence-electron chi connectivity index (χ0n) is 10.2. The number of nitrogens with zero attached hydrogens (tertiary/aromatic N) is 1. The summed E-state index contributed by atoms with van der Waals surface area (Å²) in [6, 6.07) is 0. The molecular formula is C12H18BNO. The molecule has 0 saturated carbocycles. The second-order valence-corrected chi connectivity index (χ2v) is 4.28. The van der Waals surface area contributed by atoms with E-state index >= 15 is 0 Å². The lowest BCUT2D eigenvalue weighted by Crippen LogP contribution is -2.25. The predicted molar refractivity (Wildman–Crippen MR) is 66.1 cm³/mol. The SMILES string of the molecule is BC1=C/C(C)=C(\C)N(C)C(=O)C\C(C)=C\1. The van der Waals surface area contributed by atoms with Crippen LogP contribution in [0.15, 0.2) is 34.5 Å². The van der Waals surface area contributed by atoms with Crippen molar-refractivity contribution in [1.29, 1.82) is 0 Å². The van der Waals surface area contributed by atoms with E-state index in [0.717, 1.165) is 16.8 Å². The summed E-state index contributed by atoms with van der Waals surface area (Å²) in [6.07, 6.45) is 4.70. The highest BCUT2D eigenvalue weighted by molar-refractivity contribution is 6.23. The summed E-state index contributed by atoms with van der Waals surface area (Å²) in [4.78, 5) is 13.6. The Bertz CT molecular complexity index is 377. The van der Waals surface area contributed by atoms with Crippen LogP contribution in [0.5, 0.6) is 0 Å². The summed E-state index contributed by atoms with van der Waals surface area (Å²) in [7, 11) is 3.90. The fourth-order valence-electron chi connectivity index (χ4n) is 1.74. The van der Waals surface area contributed by atoms with Crippen molar-refractivity contribution in [2.45, 2.75) is 27.2 Å². The molecule has 0 spiro atoms. The van der Waals surface area contributed by atoms with E-state index in [1.807, 2.05) is 27.8 Å². The van der Waals surface area contributed by atoms with Gasteiger partial charge in [-0.1, -0.05) is 23.2 Å². The van der Waals surface area contributed by atoms with E-state index in [-0.39, 0.29) is 5.91 Å². The molecule has 1 rings (SSSR count). The largest absolute Gasteiger partial charge is 0.319 e. The Morgan fingerprint density at radius 3 is 2.47 bits per heavy atom. The van der Waals surface area contributed by atoms with Gasteiger partial charge < -0.3 is 4.90 Å². The molecule has 0 atom stereocenters. The summed E-state index contributed by atoms with van der Waals surface area (Å²) in [5.41, 5.74) is 4.49. The Labute approximate surface area is 92.8 Å². The number of rotatable bonds is 0. The van der Waals surface area contributed by atoms with Crippen LogP contribution < -0.4 is 0 Å². The quantitative estimate of drug-likeness (QED) is 0.547. The minimum absolute atomic E-state index is 0.156. The van der Waals surface area contributed by atoms with Crippen molar-refractivity contribution in [2.75, 3.05) is 7.05 Å². The van der Waals surface area contributed by atoms with Crippen molar-refractivity contribution in [3.63, 3.8) is 0 Å². The number of carbonyl (C=O) groups is 1. The zero-order chi connectivity index (χ0) is 11.6. The molecule has 0 aromatic carbocycles. The molecule has 1 aliphatic rings. The average molecular weight is 203 g/mol. The molecule has 0 unspecified atom stereocenters. The summed E-state index contributed by atoms with van der Waals surface area (Å²) in [6.45, 7) is 6.02. The second kappa shape index (κ2) is 4.52. The fraction of sp³-hybridized carbons (Fsp3) is 0.417. The van der Waals surface area contributed by atoms with Crippen LogP contribution in [0.2, 0.25) is 0 Å². The van der Waals surface area contributed by atoms with Crippen molar-refractivity contribution in [3.8, 4) is 0 Å². The summed E-state index contributed by atoms with van der Waals surface area (Å²) >= 11 is 0. The average Bonchev–Trinajstić information content (AvgIpc) is 2.15. The highest BCUT2D eigenvalue weighted by Gasteiger charge is 2.13. The van der Waals surface area contributed by atoms with Crippen molar-refractivity contribution >= 4 is 13.8 Å². The third-order valence-electron chi connectivity index (χ3n) is 2.80. The van der Waals surface area contributed by atoms with E-state index in [9.17, 15) is 4.79 Å². The Kier molecular flexibility index (Phi) is 3.56. The van der Waals surface area contributed by atoms with Gasteiger partial charge in [0.1, 0.15) is 7.85 Å². The van der Waals surface area contributed by atoms with Gasteiger partial charge >= 0.3 is 0 Å². The number of amides is 1. The van der Waals surface area contributed by atoms with Crippen LogP contribution in [0.4, 0.5) is 0 Å². The summed E-state index contributed by atoms with van der Waals surface area (Å²) in [5.74, 6) is 0.156. The molecule has 3 heteroatoms. The molecular weight excluding hydrogens is 185 g/mol. The van der Waals surface area contributed by atoms with Crippen LogP contribution in [0.1, 0.15) is 27.2 Å². The molecule has 0 N–H and O–H groups in total. The molecule has 0 fully saturated rings. The van der Waals surface area contributed by atoms with Crippen molar-refractivity contribution in [1.82, 2.24) is 4.90 Å². The zero-order valence-corrected chi connectivity index (χ0v) is 10.2. The van der Waals surface area contributed by atoms with Gasteiger partial charge in [-0.2, -0.15) is 0 Å². The molecule has 15 heavy (non-hydrogen) atoms. The third kappa shape index (κ3) is 2.85. The van der Waals surface area contributed by atoms with Gasteiger partial charge in [0.2, 0.25) is 5.91 Å². The first-order valence-corrected chi connectivity index (χ1v) is 5.21. The van der Waals surface area contributed by atoms with E-state index in [2.05, 4.69) is 20.0 Å². The monoisotopic (exact) mass is 203 g/mol. The predicted octanol–water partition coefficient (Wildman–Crippen LogP) is 1.61. The molecule has 0 aromatic rings. The Balaban J connectivity index is 3.22. The molecule has 2 nitrogen and oxygen atoms in total. The minimum Gasteiger partial charge on any atom is -0.319 e. The Morgan fingerprint density at radius 2 is 1.87 bits per heavy atom. The number of carbonyl (C=O) groups excluding carboxylic acids is 1. The molecule has 0 aliphatic carbocycles. The van der Waals surface area contributed by atoms with Crippen LogP contribution in [0.3, 0.4) is 0 Å². The lowest BCUT2D eigenvalue weighted by atomic mass is 9.91. The van der Waals surface area contributed by atoms with Crippen molar-refractivity contribution in [2.24, 2.45) is 0 Å².